The van der Waals surface area contributed by atoms with E-state index in [0.717, 1.165) is 26.2 Å². The topological polar surface area (TPSA) is 30.5 Å². The number of methoxy groups -OCH3 is 1. The minimum atomic E-state index is 0.343. The van der Waals surface area contributed by atoms with Crippen LogP contribution in [0.1, 0.15) is 20.3 Å². The number of hydrogen-bond donors (Lipinski definition) is 1. The van der Waals surface area contributed by atoms with Gasteiger partial charge in [-0.15, -0.1) is 11.6 Å². The van der Waals surface area contributed by atoms with E-state index in [0.29, 0.717) is 24.4 Å². The van der Waals surface area contributed by atoms with Gasteiger partial charge < -0.3 is 14.8 Å². The summed E-state index contributed by atoms with van der Waals surface area (Å²) in [6.45, 7) is 7.44. The van der Waals surface area contributed by atoms with Gasteiger partial charge in [0.25, 0.3) is 0 Å². The van der Waals surface area contributed by atoms with Gasteiger partial charge in [0, 0.05) is 32.2 Å². The van der Waals surface area contributed by atoms with Gasteiger partial charge >= 0.3 is 0 Å². The number of alkyl halides is 1. The Bertz CT molecular complexity index is 128. The fourth-order valence-corrected chi connectivity index (χ4v) is 1.49. The summed E-state index contributed by atoms with van der Waals surface area (Å²) in [5.74, 6) is 1.26. The van der Waals surface area contributed by atoms with Crippen molar-refractivity contribution >= 4 is 11.6 Å². The molecule has 92 valence electrons. The molecule has 0 aliphatic carbocycles. The van der Waals surface area contributed by atoms with Gasteiger partial charge in [-0.3, -0.25) is 0 Å². The number of nitrogens with one attached hydrogen (secondary N) is 1. The second-order valence-electron chi connectivity index (χ2n) is 4.05. The molecule has 0 heterocycles. The summed E-state index contributed by atoms with van der Waals surface area (Å²) in [7, 11) is 1.71. The zero-order valence-corrected chi connectivity index (χ0v) is 10.8. The van der Waals surface area contributed by atoms with E-state index in [2.05, 4.69) is 19.2 Å². The van der Waals surface area contributed by atoms with Crippen LogP contribution >= 0.6 is 11.6 Å². The highest BCUT2D eigenvalue weighted by Crippen LogP contribution is 1.95. The van der Waals surface area contributed by atoms with Crippen LogP contribution in [0.25, 0.3) is 0 Å². The van der Waals surface area contributed by atoms with Crippen molar-refractivity contribution in [1.82, 2.24) is 5.32 Å². The summed E-state index contributed by atoms with van der Waals surface area (Å²) >= 11 is 5.69. The Morgan fingerprint density at radius 1 is 1.27 bits per heavy atom. The summed E-state index contributed by atoms with van der Waals surface area (Å²) in [6.07, 6.45) is 0.930. The maximum absolute atomic E-state index is 5.69. The molecule has 3 nitrogen and oxygen atoms in total. The van der Waals surface area contributed by atoms with Crippen LogP contribution in [-0.4, -0.2) is 45.4 Å². The first kappa shape index (κ1) is 15.2. The van der Waals surface area contributed by atoms with E-state index in [1.807, 2.05) is 0 Å². The van der Waals surface area contributed by atoms with E-state index in [1.54, 1.807) is 7.11 Å². The van der Waals surface area contributed by atoms with E-state index in [9.17, 15) is 0 Å². The summed E-state index contributed by atoms with van der Waals surface area (Å²) in [4.78, 5) is 0. The lowest BCUT2D eigenvalue weighted by Gasteiger charge is -2.16. The van der Waals surface area contributed by atoms with Crippen LogP contribution in [0.4, 0.5) is 0 Å². The van der Waals surface area contributed by atoms with Gasteiger partial charge in [0.1, 0.15) is 0 Å². The van der Waals surface area contributed by atoms with Gasteiger partial charge in [0.15, 0.2) is 0 Å². The van der Waals surface area contributed by atoms with Crippen LogP contribution in [-0.2, 0) is 9.47 Å². The van der Waals surface area contributed by atoms with Crippen molar-refractivity contribution in [2.75, 3.05) is 39.4 Å². The molecule has 15 heavy (non-hydrogen) atoms. The molecule has 1 unspecified atom stereocenters. The lowest BCUT2D eigenvalue weighted by atomic mass is 10.2. The molecule has 0 saturated heterocycles. The Morgan fingerprint density at radius 3 is 2.53 bits per heavy atom. The van der Waals surface area contributed by atoms with Crippen molar-refractivity contribution in [3.63, 3.8) is 0 Å². The fraction of sp³-hybridized carbons (Fsp3) is 1.00. The Labute approximate surface area is 98.5 Å². The monoisotopic (exact) mass is 237 g/mol. The maximum atomic E-state index is 5.69. The van der Waals surface area contributed by atoms with E-state index in [-0.39, 0.29) is 0 Å². The lowest BCUT2D eigenvalue weighted by Crippen LogP contribution is -2.36. The number of ether oxygens (including phenoxy) is 2. The molecule has 0 bridgehead atoms. The fourth-order valence-electron chi connectivity index (χ4n) is 1.23. The van der Waals surface area contributed by atoms with Crippen LogP contribution in [0, 0.1) is 5.92 Å². The first-order valence-electron chi connectivity index (χ1n) is 5.56. The van der Waals surface area contributed by atoms with Crippen molar-refractivity contribution in [3.8, 4) is 0 Å². The smallest absolute Gasteiger partial charge is 0.0616 e. The van der Waals surface area contributed by atoms with Crippen molar-refractivity contribution < 1.29 is 9.47 Å². The Hall–Kier alpha value is 0.170. The normalized spacial score (nSPS) is 13.4. The van der Waals surface area contributed by atoms with Gasteiger partial charge in [-0.05, 0) is 12.3 Å². The molecule has 0 aliphatic heterocycles. The summed E-state index contributed by atoms with van der Waals surface area (Å²) < 4.78 is 10.6. The molecule has 4 heteroatoms. The minimum absolute atomic E-state index is 0.343. The largest absolute Gasteiger partial charge is 0.383 e. The van der Waals surface area contributed by atoms with Gasteiger partial charge in [-0.2, -0.15) is 0 Å². The number of halogens is 1. The van der Waals surface area contributed by atoms with E-state index in [1.165, 1.54) is 0 Å². The van der Waals surface area contributed by atoms with Crippen LogP contribution in [0.2, 0.25) is 0 Å². The Morgan fingerprint density at radius 2 is 2.00 bits per heavy atom. The molecule has 1 atom stereocenters. The van der Waals surface area contributed by atoms with Gasteiger partial charge in [-0.1, -0.05) is 13.8 Å². The Kier molecular flexibility index (Phi) is 10.8. The molecule has 0 amide bonds. The van der Waals surface area contributed by atoms with Crippen LogP contribution in [0.15, 0.2) is 0 Å². The lowest BCUT2D eigenvalue weighted by molar-refractivity contribution is 0.104. The van der Waals surface area contributed by atoms with Crippen LogP contribution < -0.4 is 5.32 Å². The predicted molar refractivity (Wildman–Crippen MR) is 64.7 cm³/mol. The van der Waals surface area contributed by atoms with Crippen LogP contribution in [0.3, 0.4) is 0 Å². The molecule has 0 fully saturated rings. The highest BCUT2D eigenvalue weighted by Gasteiger charge is 2.05. The molecule has 1 N–H and O–H groups in total. The highest BCUT2D eigenvalue weighted by atomic mass is 35.5. The Balaban J connectivity index is 3.36. The molecule has 0 radical (unpaired) electrons. The second kappa shape index (κ2) is 10.7. The zero-order valence-electron chi connectivity index (χ0n) is 10.1. The van der Waals surface area contributed by atoms with E-state index in [4.69, 9.17) is 21.1 Å². The standard InChI is InChI=1S/C11H24ClNO2/c1-10(2)8-15-7-6-13-11(4-5-12)9-14-3/h10-11,13H,4-9H2,1-3H3. The number of rotatable bonds is 10. The first-order chi connectivity index (χ1) is 7.20. The quantitative estimate of drug-likeness (QED) is 0.465. The van der Waals surface area contributed by atoms with Gasteiger partial charge in [0.05, 0.1) is 13.2 Å². The first-order valence-corrected chi connectivity index (χ1v) is 6.10. The molecular weight excluding hydrogens is 214 g/mol. The third kappa shape index (κ3) is 10.5. The summed E-state index contributed by atoms with van der Waals surface area (Å²) in [5, 5.41) is 3.36. The molecule has 0 aliphatic rings. The van der Waals surface area contributed by atoms with Crippen molar-refractivity contribution in [1.29, 1.82) is 0 Å². The molecule has 0 spiro atoms. The molecule has 0 aromatic rings. The SMILES string of the molecule is COCC(CCCl)NCCOCC(C)C. The van der Waals surface area contributed by atoms with E-state index >= 15 is 0 Å². The van der Waals surface area contributed by atoms with Crippen molar-refractivity contribution in [3.05, 3.63) is 0 Å². The maximum Gasteiger partial charge on any atom is 0.0616 e. The molecule has 0 aromatic carbocycles. The van der Waals surface area contributed by atoms with Crippen LogP contribution in [0.5, 0.6) is 0 Å². The van der Waals surface area contributed by atoms with E-state index < -0.39 is 0 Å². The van der Waals surface area contributed by atoms with Gasteiger partial charge in [0.2, 0.25) is 0 Å². The predicted octanol–water partition coefficient (Wildman–Crippen LogP) is 1.89. The molecular formula is C11H24ClNO2. The zero-order chi connectivity index (χ0) is 11.5. The van der Waals surface area contributed by atoms with Crippen molar-refractivity contribution in [2.45, 2.75) is 26.3 Å². The summed E-state index contributed by atoms with van der Waals surface area (Å²) in [5.41, 5.74) is 0. The second-order valence-corrected chi connectivity index (χ2v) is 4.43. The third-order valence-corrected chi connectivity index (χ3v) is 2.17. The van der Waals surface area contributed by atoms with Gasteiger partial charge in [-0.25, -0.2) is 0 Å². The van der Waals surface area contributed by atoms with Crippen molar-refractivity contribution in [2.24, 2.45) is 5.92 Å². The average Bonchev–Trinajstić information content (AvgIpc) is 2.17. The minimum Gasteiger partial charge on any atom is -0.383 e. The molecule has 0 aromatic heterocycles. The summed E-state index contributed by atoms with van der Waals surface area (Å²) in [6, 6.07) is 0.343. The third-order valence-electron chi connectivity index (χ3n) is 1.96. The molecule has 0 saturated carbocycles. The molecule has 0 rings (SSSR count). The average molecular weight is 238 g/mol. The number of hydrogen-bond acceptors (Lipinski definition) is 3. The highest BCUT2D eigenvalue weighted by molar-refractivity contribution is 6.17.